The normalized spacial score (nSPS) is 14.5. The fourth-order valence-corrected chi connectivity index (χ4v) is 4.45. The average molecular weight is 494 g/mol. The van der Waals surface area contributed by atoms with Crippen LogP contribution in [0.25, 0.3) is 6.08 Å². The number of thiocarbonyl (C=S) groups is 1. The number of hydrogen-bond acceptors (Lipinski definition) is 8. The number of ether oxygens (including phenoxy) is 1. The highest BCUT2D eigenvalue weighted by Gasteiger charge is 2.33. The van der Waals surface area contributed by atoms with E-state index >= 15 is 0 Å². The summed E-state index contributed by atoms with van der Waals surface area (Å²) in [4.78, 5) is 35.5. The Balaban J connectivity index is 1.53. The lowest BCUT2D eigenvalue weighted by atomic mass is 10.1. The van der Waals surface area contributed by atoms with Crippen molar-refractivity contribution in [1.29, 1.82) is 0 Å². The first kappa shape index (κ1) is 23.1. The molecule has 0 bridgehead atoms. The fraction of sp³-hybridized carbons (Fsp3) is 0.0435. The molecule has 0 radical (unpaired) electrons. The highest BCUT2D eigenvalue weighted by molar-refractivity contribution is 8.27. The Hall–Kier alpha value is -4.09. The Morgan fingerprint density at radius 3 is 2.12 bits per heavy atom. The fourth-order valence-electron chi connectivity index (χ4n) is 3.16. The minimum absolute atomic E-state index is 0.000742. The topological polar surface area (TPSA) is 116 Å². The van der Waals surface area contributed by atoms with Gasteiger partial charge in [-0.3, -0.25) is 29.9 Å². The molecule has 170 valence electrons. The molecule has 0 N–H and O–H groups in total. The number of carbonyl (C=O) groups is 1. The van der Waals surface area contributed by atoms with Gasteiger partial charge in [0, 0.05) is 29.8 Å². The molecule has 9 nitrogen and oxygen atoms in total. The number of nitro benzene ring substituents is 2. The number of benzene rings is 3. The monoisotopic (exact) mass is 493 g/mol. The van der Waals surface area contributed by atoms with E-state index in [4.69, 9.17) is 17.0 Å². The molecule has 34 heavy (non-hydrogen) atoms. The third kappa shape index (κ3) is 4.95. The van der Waals surface area contributed by atoms with E-state index in [1.807, 2.05) is 6.07 Å². The van der Waals surface area contributed by atoms with Gasteiger partial charge in [0.2, 0.25) is 0 Å². The van der Waals surface area contributed by atoms with Crippen LogP contribution in [0, 0.1) is 20.2 Å². The number of carbonyl (C=O) groups excluding carboxylic acids is 1. The molecule has 0 spiro atoms. The molecule has 1 fully saturated rings. The van der Waals surface area contributed by atoms with Crippen molar-refractivity contribution in [2.45, 2.75) is 6.61 Å². The Morgan fingerprint density at radius 1 is 0.912 bits per heavy atom. The maximum absolute atomic E-state index is 13.0. The molecule has 0 saturated carbocycles. The van der Waals surface area contributed by atoms with E-state index in [2.05, 4.69) is 0 Å². The predicted molar refractivity (Wildman–Crippen MR) is 133 cm³/mol. The average Bonchev–Trinajstić information content (AvgIpc) is 3.11. The van der Waals surface area contributed by atoms with Crippen LogP contribution in [0.2, 0.25) is 0 Å². The summed E-state index contributed by atoms with van der Waals surface area (Å²) in [6, 6.07) is 18.8. The maximum Gasteiger partial charge on any atom is 0.270 e. The number of para-hydroxylation sites is 1. The summed E-state index contributed by atoms with van der Waals surface area (Å²) in [5.41, 5.74) is 1.78. The van der Waals surface area contributed by atoms with Crippen molar-refractivity contribution in [2.24, 2.45) is 0 Å². The zero-order chi connectivity index (χ0) is 24.2. The summed E-state index contributed by atoms with van der Waals surface area (Å²) < 4.78 is 6.21. The van der Waals surface area contributed by atoms with Gasteiger partial charge in [0.05, 0.1) is 20.4 Å². The third-order valence-corrected chi connectivity index (χ3v) is 6.16. The van der Waals surface area contributed by atoms with E-state index in [0.717, 1.165) is 17.3 Å². The van der Waals surface area contributed by atoms with Crippen LogP contribution in [0.1, 0.15) is 11.1 Å². The van der Waals surface area contributed by atoms with Gasteiger partial charge in [-0.2, -0.15) is 0 Å². The number of anilines is 1. The summed E-state index contributed by atoms with van der Waals surface area (Å²) in [6.45, 7) is 0.187. The second-order valence-corrected chi connectivity index (χ2v) is 8.72. The molecule has 0 unspecified atom stereocenters. The van der Waals surface area contributed by atoms with E-state index in [1.165, 1.54) is 41.3 Å². The number of thioether (sulfide) groups is 1. The Morgan fingerprint density at radius 2 is 1.50 bits per heavy atom. The number of rotatable bonds is 7. The molecular weight excluding hydrogens is 478 g/mol. The van der Waals surface area contributed by atoms with Crippen LogP contribution in [-0.2, 0) is 11.4 Å². The second kappa shape index (κ2) is 9.81. The molecule has 0 atom stereocenters. The summed E-state index contributed by atoms with van der Waals surface area (Å²) in [7, 11) is 0. The van der Waals surface area contributed by atoms with E-state index in [-0.39, 0.29) is 23.9 Å². The lowest BCUT2D eigenvalue weighted by molar-refractivity contribution is -0.385. The molecule has 1 heterocycles. The van der Waals surface area contributed by atoms with Gasteiger partial charge in [0.15, 0.2) is 4.32 Å². The lowest BCUT2D eigenvalue weighted by Crippen LogP contribution is -2.27. The Labute approximate surface area is 202 Å². The van der Waals surface area contributed by atoms with Gasteiger partial charge in [-0.1, -0.05) is 42.2 Å². The van der Waals surface area contributed by atoms with Gasteiger partial charge in [0.1, 0.15) is 12.4 Å². The first-order chi connectivity index (χ1) is 16.3. The standard InChI is InChI=1S/C23H15N3O6S2/c27-22-21(34-23(33)24(22)17-9-11-19(12-10-17)26(30)31)13-16-3-1-2-4-20(16)32-14-15-5-7-18(8-6-15)25(28)29/h1-13H,14H2. The van der Waals surface area contributed by atoms with Gasteiger partial charge in [-0.05, 0) is 42.0 Å². The van der Waals surface area contributed by atoms with Crippen molar-refractivity contribution in [2.75, 3.05) is 4.90 Å². The Kier molecular flexibility index (Phi) is 6.66. The molecule has 3 aromatic rings. The third-order valence-electron chi connectivity index (χ3n) is 4.86. The van der Waals surface area contributed by atoms with Crippen LogP contribution in [0.15, 0.2) is 77.7 Å². The quantitative estimate of drug-likeness (QED) is 0.184. The molecule has 0 aromatic heterocycles. The minimum atomic E-state index is -0.512. The molecule has 11 heteroatoms. The molecule has 0 aliphatic carbocycles. The number of amides is 1. The molecule has 1 aliphatic heterocycles. The van der Waals surface area contributed by atoms with Crippen molar-refractivity contribution in [1.82, 2.24) is 0 Å². The van der Waals surface area contributed by atoms with Crippen molar-refractivity contribution in [3.8, 4) is 5.75 Å². The zero-order valence-corrected chi connectivity index (χ0v) is 19.0. The second-order valence-electron chi connectivity index (χ2n) is 7.04. The van der Waals surface area contributed by atoms with Gasteiger partial charge in [-0.25, -0.2) is 0 Å². The van der Waals surface area contributed by atoms with E-state index < -0.39 is 9.85 Å². The molecule has 1 aliphatic rings. The van der Waals surface area contributed by atoms with E-state index in [9.17, 15) is 25.0 Å². The van der Waals surface area contributed by atoms with Gasteiger partial charge < -0.3 is 4.74 Å². The number of hydrogen-bond donors (Lipinski definition) is 0. The number of non-ortho nitro benzene ring substituents is 2. The Bertz CT molecular complexity index is 1320. The highest BCUT2D eigenvalue weighted by atomic mass is 32.2. The summed E-state index contributed by atoms with van der Waals surface area (Å²) in [5.74, 6) is 0.190. The lowest BCUT2D eigenvalue weighted by Gasteiger charge is -2.14. The van der Waals surface area contributed by atoms with E-state index in [0.29, 0.717) is 26.2 Å². The van der Waals surface area contributed by atoms with Crippen molar-refractivity contribution in [3.63, 3.8) is 0 Å². The van der Waals surface area contributed by atoms with Gasteiger partial charge in [-0.15, -0.1) is 0 Å². The zero-order valence-electron chi connectivity index (χ0n) is 17.3. The summed E-state index contributed by atoms with van der Waals surface area (Å²) >= 11 is 6.49. The van der Waals surface area contributed by atoms with Crippen LogP contribution >= 0.6 is 24.0 Å². The first-order valence-electron chi connectivity index (χ1n) is 9.81. The molecule has 4 rings (SSSR count). The van der Waals surface area contributed by atoms with Crippen LogP contribution in [0.5, 0.6) is 5.75 Å². The molecule has 3 aromatic carbocycles. The first-order valence-corrected chi connectivity index (χ1v) is 11.0. The van der Waals surface area contributed by atoms with Crippen LogP contribution in [0.4, 0.5) is 17.1 Å². The van der Waals surface area contributed by atoms with Crippen molar-refractivity contribution < 1.29 is 19.4 Å². The van der Waals surface area contributed by atoms with Crippen LogP contribution in [0.3, 0.4) is 0 Å². The maximum atomic E-state index is 13.0. The van der Waals surface area contributed by atoms with Crippen molar-refractivity contribution >= 4 is 57.3 Å². The molecule has 1 saturated heterocycles. The highest BCUT2D eigenvalue weighted by Crippen LogP contribution is 2.37. The number of nitrogens with zero attached hydrogens (tertiary/aromatic N) is 3. The van der Waals surface area contributed by atoms with Crippen LogP contribution in [-0.4, -0.2) is 20.1 Å². The van der Waals surface area contributed by atoms with E-state index in [1.54, 1.807) is 36.4 Å². The minimum Gasteiger partial charge on any atom is -0.488 e. The smallest absolute Gasteiger partial charge is 0.270 e. The van der Waals surface area contributed by atoms with Gasteiger partial charge >= 0.3 is 0 Å². The largest absolute Gasteiger partial charge is 0.488 e. The number of nitro groups is 2. The summed E-state index contributed by atoms with van der Waals surface area (Å²) in [6.07, 6.45) is 1.68. The molecule has 1 amide bonds. The SMILES string of the molecule is O=C1C(=Cc2ccccc2OCc2ccc([N+](=O)[O-])cc2)SC(=S)N1c1ccc([N+](=O)[O-])cc1. The predicted octanol–water partition coefficient (Wildman–Crippen LogP) is 5.49. The molecular formula is C23H15N3O6S2. The van der Waals surface area contributed by atoms with Crippen molar-refractivity contribution in [3.05, 3.63) is 109 Å². The van der Waals surface area contributed by atoms with Crippen LogP contribution < -0.4 is 9.64 Å². The van der Waals surface area contributed by atoms with Gasteiger partial charge in [0.25, 0.3) is 17.3 Å². The summed E-state index contributed by atoms with van der Waals surface area (Å²) in [5, 5.41) is 21.7.